The van der Waals surface area contributed by atoms with E-state index in [1.807, 2.05) is 22.4 Å². The molecule has 1 fully saturated rings. The number of nitrogens with zero attached hydrogens (tertiary/aromatic N) is 5. The summed E-state index contributed by atoms with van der Waals surface area (Å²) in [6, 6.07) is 3.95. The van der Waals surface area contributed by atoms with Gasteiger partial charge < -0.3 is 14.7 Å². The molecule has 0 unspecified atom stereocenters. The molecule has 0 saturated carbocycles. The Morgan fingerprint density at radius 2 is 2.18 bits per heavy atom. The number of hydrogen-bond donors (Lipinski definition) is 2. The maximum atomic E-state index is 12.9. The Morgan fingerprint density at radius 1 is 1.29 bits per heavy atom. The van der Waals surface area contributed by atoms with Crippen molar-refractivity contribution in [3.05, 3.63) is 40.4 Å². The first-order valence-electron chi connectivity index (χ1n) is 9.43. The Hall–Kier alpha value is -2.56. The summed E-state index contributed by atoms with van der Waals surface area (Å²) in [6.07, 6.45) is 0.890. The molecular weight excluding hydrogens is 378 g/mol. The van der Waals surface area contributed by atoms with Gasteiger partial charge in [0.2, 0.25) is 11.7 Å². The van der Waals surface area contributed by atoms with E-state index in [-0.39, 0.29) is 5.91 Å². The monoisotopic (exact) mass is 399 g/mol. The highest BCUT2D eigenvalue weighted by Gasteiger charge is 2.28. The largest absolute Gasteiger partial charge is 0.338 e. The molecule has 0 radical (unpaired) electrons. The van der Waals surface area contributed by atoms with Crippen molar-refractivity contribution in [1.82, 2.24) is 35.5 Å². The van der Waals surface area contributed by atoms with Crippen molar-refractivity contribution >= 4 is 17.2 Å². The van der Waals surface area contributed by atoms with E-state index in [0.717, 1.165) is 42.2 Å². The Kier molecular flexibility index (Phi) is 4.67. The second kappa shape index (κ2) is 7.46. The lowest BCUT2D eigenvalue weighted by Crippen LogP contribution is -2.48. The van der Waals surface area contributed by atoms with Gasteiger partial charge in [0.25, 0.3) is 5.91 Å². The van der Waals surface area contributed by atoms with Gasteiger partial charge in [-0.25, -0.2) is 0 Å². The molecule has 2 aliphatic heterocycles. The fraction of sp³-hybridized carbons (Fsp3) is 0.444. The number of hydrogen-bond acceptors (Lipinski definition) is 8. The molecule has 28 heavy (non-hydrogen) atoms. The minimum absolute atomic E-state index is 0.0126. The molecule has 10 heteroatoms. The third-order valence-corrected chi connectivity index (χ3v) is 6.10. The van der Waals surface area contributed by atoms with Crippen LogP contribution < -0.4 is 5.32 Å². The third-order valence-electron chi connectivity index (χ3n) is 5.24. The summed E-state index contributed by atoms with van der Waals surface area (Å²) >= 11 is 1.59. The zero-order valence-electron chi connectivity index (χ0n) is 15.3. The maximum absolute atomic E-state index is 12.9. The van der Waals surface area contributed by atoms with E-state index >= 15 is 0 Å². The van der Waals surface area contributed by atoms with Gasteiger partial charge in [-0.1, -0.05) is 11.2 Å². The van der Waals surface area contributed by atoms with Crippen molar-refractivity contribution < 1.29 is 9.32 Å². The van der Waals surface area contributed by atoms with E-state index in [9.17, 15) is 4.79 Å². The van der Waals surface area contributed by atoms with Gasteiger partial charge in [0, 0.05) is 56.9 Å². The number of rotatable bonds is 4. The fourth-order valence-corrected chi connectivity index (χ4v) is 4.33. The number of piperazine rings is 1. The first-order valence-corrected chi connectivity index (χ1v) is 10.3. The molecule has 146 valence electrons. The summed E-state index contributed by atoms with van der Waals surface area (Å²) < 4.78 is 5.39. The first kappa shape index (κ1) is 17.5. The molecule has 2 aliphatic rings. The average Bonchev–Trinajstić information content (AvgIpc) is 3.48. The van der Waals surface area contributed by atoms with Crippen LogP contribution in [-0.2, 0) is 19.5 Å². The highest BCUT2D eigenvalue weighted by molar-refractivity contribution is 7.13. The second-order valence-corrected chi connectivity index (χ2v) is 7.96. The molecule has 3 aromatic heterocycles. The van der Waals surface area contributed by atoms with Crippen LogP contribution in [0.5, 0.6) is 0 Å². The van der Waals surface area contributed by atoms with Crippen molar-refractivity contribution in [1.29, 1.82) is 0 Å². The average molecular weight is 399 g/mol. The molecule has 0 aromatic carbocycles. The van der Waals surface area contributed by atoms with Gasteiger partial charge in [-0.05, 0) is 11.4 Å². The number of H-pyrrole nitrogens is 1. The number of fused-ring (bicyclic) bond motifs is 1. The number of amides is 1. The van der Waals surface area contributed by atoms with Crippen molar-refractivity contribution in [2.45, 2.75) is 19.5 Å². The Morgan fingerprint density at radius 3 is 3.00 bits per heavy atom. The number of nitrogens with one attached hydrogen (secondary N) is 2. The van der Waals surface area contributed by atoms with E-state index in [1.165, 1.54) is 0 Å². The van der Waals surface area contributed by atoms with Crippen LogP contribution in [0.4, 0.5) is 0 Å². The van der Waals surface area contributed by atoms with Crippen LogP contribution in [0, 0.1) is 0 Å². The lowest BCUT2D eigenvalue weighted by molar-refractivity contribution is 0.0608. The van der Waals surface area contributed by atoms with E-state index in [1.54, 1.807) is 11.3 Å². The second-order valence-electron chi connectivity index (χ2n) is 7.01. The lowest BCUT2D eigenvalue weighted by atomic mass is 10.1. The quantitative estimate of drug-likeness (QED) is 0.678. The van der Waals surface area contributed by atoms with Crippen molar-refractivity contribution in [3.63, 3.8) is 0 Å². The summed E-state index contributed by atoms with van der Waals surface area (Å²) in [6.45, 7) is 5.10. The van der Waals surface area contributed by atoms with Crippen LogP contribution in [0.3, 0.4) is 0 Å². The molecule has 2 N–H and O–H groups in total. The molecular formula is C18H21N7O2S. The van der Waals surface area contributed by atoms with E-state index in [2.05, 4.69) is 30.6 Å². The molecule has 0 bridgehead atoms. The molecule has 0 aliphatic carbocycles. The van der Waals surface area contributed by atoms with E-state index in [0.29, 0.717) is 43.6 Å². The normalized spacial score (nSPS) is 17.6. The molecule has 5 heterocycles. The number of carbonyl (C=O) groups is 1. The van der Waals surface area contributed by atoms with Crippen LogP contribution in [-0.4, -0.2) is 68.8 Å². The van der Waals surface area contributed by atoms with Crippen LogP contribution in [0.2, 0.25) is 0 Å². The predicted molar refractivity (Wildman–Crippen MR) is 103 cm³/mol. The molecule has 0 spiro atoms. The zero-order chi connectivity index (χ0) is 18.9. The van der Waals surface area contributed by atoms with Crippen LogP contribution in [0.25, 0.3) is 10.7 Å². The molecule has 1 amide bonds. The maximum Gasteiger partial charge on any atom is 0.274 e. The van der Waals surface area contributed by atoms with Crippen LogP contribution in [0.15, 0.2) is 22.0 Å². The van der Waals surface area contributed by atoms with Gasteiger partial charge in [-0.3, -0.25) is 14.8 Å². The predicted octanol–water partition coefficient (Wildman–Crippen LogP) is 1.12. The summed E-state index contributed by atoms with van der Waals surface area (Å²) in [5.74, 6) is 1.25. The van der Waals surface area contributed by atoms with Crippen molar-refractivity contribution in [2.75, 3.05) is 32.7 Å². The lowest BCUT2D eigenvalue weighted by Gasteiger charge is -2.33. The topological polar surface area (TPSA) is 103 Å². The Balaban J connectivity index is 1.19. The number of thiophene rings is 1. The fourth-order valence-electron chi connectivity index (χ4n) is 3.68. The summed E-state index contributed by atoms with van der Waals surface area (Å²) in [4.78, 5) is 22.5. The molecule has 3 aromatic rings. The SMILES string of the molecule is O=C(c1n[nH]c2c1CNCC2)N1CCN(Cc2nc(-c3cccs3)no2)CC1. The van der Waals surface area contributed by atoms with Crippen LogP contribution in [0.1, 0.15) is 27.6 Å². The zero-order valence-corrected chi connectivity index (χ0v) is 16.2. The summed E-state index contributed by atoms with van der Waals surface area (Å²) in [5, 5.41) is 16.7. The molecule has 0 atom stereocenters. The minimum atomic E-state index is 0.0126. The van der Waals surface area contributed by atoms with Crippen LogP contribution >= 0.6 is 11.3 Å². The summed E-state index contributed by atoms with van der Waals surface area (Å²) in [7, 11) is 0. The summed E-state index contributed by atoms with van der Waals surface area (Å²) in [5.41, 5.74) is 2.66. The highest BCUT2D eigenvalue weighted by Crippen LogP contribution is 2.22. The van der Waals surface area contributed by atoms with Gasteiger partial charge in [-0.15, -0.1) is 11.3 Å². The molecule has 9 nitrogen and oxygen atoms in total. The highest BCUT2D eigenvalue weighted by atomic mass is 32.1. The van der Waals surface area contributed by atoms with E-state index < -0.39 is 0 Å². The van der Waals surface area contributed by atoms with Crippen molar-refractivity contribution in [2.24, 2.45) is 0 Å². The van der Waals surface area contributed by atoms with Gasteiger partial charge in [-0.2, -0.15) is 10.1 Å². The number of carbonyl (C=O) groups excluding carboxylic acids is 1. The number of aromatic nitrogens is 4. The van der Waals surface area contributed by atoms with Crippen molar-refractivity contribution in [3.8, 4) is 10.7 Å². The van der Waals surface area contributed by atoms with Gasteiger partial charge in [0.15, 0.2) is 5.69 Å². The standard InChI is InChI=1S/C18H21N7O2S/c26-18(16-12-10-19-4-3-13(12)21-22-16)25-7-5-24(6-8-25)11-15-20-17(23-27-15)14-2-1-9-28-14/h1-2,9,19H,3-8,10-11H2,(H,21,22). The first-order chi connectivity index (χ1) is 13.8. The van der Waals surface area contributed by atoms with E-state index in [4.69, 9.17) is 4.52 Å². The third kappa shape index (κ3) is 3.34. The molecule has 5 rings (SSSR count). The Labute approximate surface area is 165 Å². The number of aromatic amines is 1. The van der Waals surface area contributed by atoms with Gasteiger partial charge in [0.1, 0.15) is 0 Å². The van der Waals surface area contributed by atoms with Gasteiger partial charge >= 0.3 is 0 Å². The van der Waals surface area contributed by atoms with Gasteiger partial charge in [0.05, 0.1) is 11.4 Å². The Bertz CT molecular complexity index is 957. The minimum Gasteiger partial charge on any atom is -0.338 e. The molecule has 1 saturated heterocycles. The smallest absolute Gasteiger partial charge is 0.274 e.